The van der Waals surface area contributed by atoms with Crippen LogP contribution in [0.2, 0.25) is 0 Å². The average Bonchev–Trinajstić information content (AvgIpc) is 3.36. The summed E-state index contributed by atoms with van der Waals surface area (Å²) in [6, 6.07) is -0.888. The highest BCUT2D eigenvalue weighted by Gasteiger charge is 2.44. The summed E-state index contributed by atoms with van der Waals surface area (Å²) in [6.07, 6.45) is 50.7. The Morgan fingerprint density at radius 2 is 0.714 bits per heavy atom. The summed E-state index contributed by atoms with van der Waals surface area (Å²) in [5.74, 6) is -0.577. The Morgan fingerprint density at radius 3 is 1.01 bits per heavy atom. The van der Waals surface area contributed by atoms with E-state index in [0.717, 1.165) is 44.9 Å². The zero-order chi connectivity index (χ0) is 51.0. The highest BCUT2D eigenvalue weighted by atomic mass is 16.7. The molecule has 70 heavy (non-hydrogen) atoms. The molecule has 0 spiro atoms. The second kappa shape index (κ2) is 50.3. The Morgan fingerprint density at radius 1 is 0.429 bits per heavy atom. The van der Waals surface area contributed by atoms with E-state index in [9.17, 15) is 35.4 Å². The molecule has 1 heterocycles. The van der Waals surface area contributed by atoms with E-state index >= 15 is 0 Å². The number of aliphatic hydroxyl groups excluding tert-OH is 6. The molecule has 0 aromatic carbocycles. The van der Waals surface area contributed by atoms with Gasteiger partial charge in [0, 0.05) is 0 Å². The van der Waals surface area contributed by atoms with Gasteiger partial charge < -0.3 is 45.4 Å². The first-order valence-electron chi connectivity index (χ1n) is 30.8. The number of hydrogen-bond donors (Lipinski definition) is 7. The molecular weight excluding hydrogens is 879 g/mol. The van der Waals surface area contributed by atoms with Crippen LogP contribution in [0.4, 0.5) is 0 Å². The van der Waals surface area contributed by atoms with Crippen molar-refractivity contribution in [2.45, 2.75) is 365 Å². The molecule has 10 nitrogen and oxygen atoms in total. The summed E-state index contributed by atoms with van der Waals surface area (Å²) in [4.78, 5) is 13.1. The molecule has 1 saturated heterocycles. The molecule has 1 rings (SSSR count). The molecule has 1 amide bonds. The lowest BCUT2D eigenvalue weighted by Crippen LogP contribution is -2.60. The van der Waals surface area contributed by atoms with Crippen molar-refractivity contribution in [1.29, 1.82) is 0 Å². The van der Waals surface area contributed by atoms with Crippen molar-refractivity contribution < 1.29 is 44.9 Å². The van der Waals surface area contributed by atoms with Gasteiger partial charge in [-0.15, -0.1) is 0 Å². The molecule has 0 saturated carbocycles. The smallest absolute Gasteiger partial charge is 0.249 e. The van der Waals surface area contributed by atoms with E-state index < -0.39 is 61.5 Å². The van der Waals surface area contributed by atoms with Gasteiger partial charge in [-0.3, -0.25) is 4.79 Å². The summed E-state index contributed by atoms with van der Waals surface area (Å²) in [5.41, 5.74) is 0. The molecule has 0 aliphatic carbocycles. The maximum atomic E-state index is 13.1. The minimum atomic E-state index is -1.59. The summed E-state index contributed by atoms with van der Waals surface area (Å²) < 4.78 is 11.2. The van der Waals surface area contributed by atoms with Crippen LogP contribution in [0.25, 0.3) is 0 Å². The van der Waals surface area contributed by atoms with Crippen LogP contribution in [0.1, 0.15) is 316 Å². The quantitative estimate of drug-likeness (QED) is 0.0293. The van der Waals surface area contributed by atoms with Gasteiger partial charge in [0.1, 0.15) is 30.5 Å². The maximum Gasteiger partial charge on any atom is 0.249 e. The van der Waals surface area contributed by atoms with Crippen molar-refractivity contribution in [3.8, 4) is 0 Å². The van der Waals surface area contributed by atoms with Gasteiger partial charge in [-0.05, 0) is 12.8 Å². The van der Waals surface area contributed by atoms with Crippen molar-refractivity contribution in [2.24, 2.45) is 0 Å². The first kappa shape index (κ1) is 67.2. The highest BCUT2D eigenvalue weighted by molar-refractivity contribution is 5.80. The number of carbonyl (C=O) groups is 1. The zero-order valence-electron chi connectivity index (χ0n) is 46.2. The molecular formula is C60H119NO9. The van der Waals surface area contributed by atoms with Gasteiger partial charge in [0.25, 0.3) is 0 Å². The first-order valence-corrected chi connectivity index (χ1v) is 30.8. The number of nitrogens with one attached hydrogen (secondary N) is 1. The van der Waals surface area contributed by atoms with Crippen molar-refractivity contribution in [3.05, 3.63) is 0 Å². The highest BCUT2D eigenvalue weighted by Crippen LogP contribution is 2.24. The summed E-state index contributed by atoms with van der Waals surface area (Å²) >= 11 is 0. The van der Waals surface area contributed by atoms with Gasteiger partial charge >= 0.3 is 0 Å². The van der Waals surface area contributed by atoms with Crippen LogP contribution in [0, 0.1) is 0 Å². The van der Waals surface area contributed by atoms with E-state index in [0.29, 0.717) is 12.8 Å². The molecule has 1 aliphatic rings. The predicted molar refractivity (Wildman–Crippen MR) is 292 cm³/mol. The Labute approximate surface area is 432 Å². The molecule has 7 N–H and O–H groups in total. The van der Waals surface area contributed by atoms with Gasteiger partial charge in [-0.25, -0.2) is 0 Å². The zero-order valence-corrected chi connectivity index (χ0v) is 46.2. The second-order valence-corrected chi connectivity index (χ2v) is 22.0. The Bertz CT molecular complexity index is 1080. The topological polar surface area (TPSA) is 169 Å². The largest absolute Gasteiger partial charge is 0.394 e. The number of hydrogen-bond acceptors (Lipinski definition) is 9. The Hall–Kier alpha value is -0.850. The first-order chi connectivity index (χ1) is 34.3. The number of rotatable bonds is 54. The fourth-order valence-electron chi connectivity index (χ4n) is 10.3. The maximum absolute atomic E-state index is 13.1. The molecule has 1 aliphatic heterocycles. The van der Waals surface area contributed by atoms with E-state index in [1.54, 1.807) is 0 Å². The number of unbranched alkanes of at least 4 members (excludes halogenated alkanes) is 43. The SMILES string of the molecule is CCCCCCCCCCCCCCCCCCCCCCCCCCCCCCCCCCCCC(O)C(=O)NC(COC1OC(CO)C(O)C(O)C1O)C(O)CCCCCCCCCCCCC. The minimum Gasteiger partial charge on any atom is -0.394 e. The minimum absolute atomic E-state index is 0.250. The average molecular weight is 999 g/mol. The Kier molecular flexibility index (Phi) is 48.3. The molecule has 10 heteroatoms. The van der Waals surface area contributed by atoms with Crippen LogP contribution in [-0.4, -0.2) is 98.7 Å². The second-order valence-electron chi connectivity index (χ2n) is 22.0. The van der Waals surface area contributed by atoms with Crippen molar-refractivity contribution in [1.82, 2.24) is 5.32 Å². The van der Waals surface area contributed by atoms with Crippen molar-refractivity contribution >= 4 is 5.91 Å². The standard InChI is InChI=1S/C60H119NO9/c1-3-5-7-9-11-13-15-16-17-18-19-20-21-22-23-24-25-26-27-28-29-30-31-32-33-34-35-36-37-39-41-43-45-47-49-54(64)59(68)61-52(51-69-60-58(67)57(66)56(65)55(50-62)70-60)53(63)48-46-44-42-40-38-14-12-10-8-6-4-2/h52-58,60,62-67H,3-51H2,1-2H3,(H,61,68). The molecule has 0 bridgehead atoms. The van der Waals surface area contributed by atoms with E-state index in [-0.39, 0.29) is 6.61 Å². The number of carbonyl (C=O) groups excluding carboxylic acids is 1. The number of ether oxygens (including phenoxy) is 2. The van der Waals surface area contributed by atoms with E-state index in [1.165, 1.54) is 244 Å². The van der Waals surface area contributed by atoms with Crippen LogP contribution < -0.4 is 5.32 Å². The summed E-state index contributed by atoms with van der Waals surface area (Å²) in [5, 5.41) is 65.1. The molecule has 0 aromatic heterocycles. The summed E-state index contributed by atoms with van der Waals surface area (Å²) in [7, 11) is 0. The van der Waals surface area contributed by atoms with Gasteiger partial charge in [-0.1, -0.05) is 303 Å². The Balaban J connectivity index is 2.06. The third-order valence-electron chi connectivity index (χ3n) is 15.3. The molecule has 8 atom stereocenters. The normalized spacial score (nSPS) is 19.7. The lowest BCUT2D eigenvalue weighted by molar-refractivity contribution is -0.302. The molecule has 418 valence electrons. The predicted octanol–water partition coefficient (Wildman–Crippen LogP) is 14.4. The van der Waals surface area contributed by atoms with E-state index in [4.69, 9.17) is 9.47 Å². The van der Waals surface area contributed by atoms with Gasteiger partial charge in [0.2, 0.25) is 5.91 Å². The van der Waals surface area contributed by atoms with Crippen LogP contribution in [-0.2, 0) is 14.3 Å². The molecule has 1 fully saturated rings. The van der Waals surface area contributed by atoms with Gasteiger partial charge in [0.15, 0.2) is 6.29 Å². The van der Waals surface area contributed by atoms with Crippen molar-refractivity contribution in [2.75, 3.05) is 13.2 Å². The van der Waals surface area contributed by atoms with Crippen molar-refractivity contribution in [3.63, 3.8) is 0 Å². The van der Waals surface area contributed by atoms with Crippen LogP contribution in [0.5, 0.6) is 0 Å². The van der Waals surface area contributed by atoms with E-state index in [1.807, 2.05) is 0 Å². The molecule has 0 radical (unpaired) electrons. The van der Waals surface area contributed by atoms with E-state index in [2.05, 4.69) is 19.2 Å². The fourth-order valence-corrected chi connectivity index (χ4v) is 10.3. The lowest BCUT2D eigenvalue weighted by Gasteiger charge is -2.40. The third-order valence-corrected chi connectivity index (χ3v) is 15.3. The van der Waals surface area contributed by atoms with Gasteiger partial charge in [-0.2, -0.15) is 0 Å². The van der Waals surface area contributed by atoms with Crippen LogP contribution in [0.15, 0.2) is 0 Å². The molecule has 8 unspecified atom stereocenters. The van der Waals surface area contributed by atoms with Crippen LogP contribution in [0.3, 0.4) is 0 Å². The lowest BCUT2D eigenvalue weighted by atomic mass is 9.99. The molecule has 0 aromatic rings. The summed E-state index contributed by atoms with van der Waals surface area (Å²) in [6.45, 7) is 3.70. The third kappa shape index (κ3) is 38.7. The van der Waals surface area contributed by atoms with Gasteiger partial charge in [0.05, 0.1) is 25.4 Å². The number of aliphatic hydroxyl groups is 6. The monoisotopic (exact) mass is 998 g/mol. The number of amides is 1. The van der Waals surface area contributed by atoms with Crippen LogP contribution >= 0.6 is 0 Å². The fraction of sp³-hybridized carbons (Fsp3) is 0.983.